The van der Waals surface area contributed by atoms with Gasteiger partial charge in [-0.3, -0.25) is 5.32 Å². The van der Waals surface area contributed by atoms with Gasteiger partial charge in [0.05, 0.1) is 17.9 Å². The van der Waals surface area contributed by atoms with E-state index >= 15 is 0 Å². The van der Waals surface area contributed by atoms with Crippen LogP contribution in [-0.4, -0.2) is 55.9 Å². The largest absolute Gasteiger partial charge is 0.367 e. The molecule has 1 N–H and O–H groups in total. The second-order valence-corrected chi connectivity index (χ2v) is 6.58. The second-order valence-electron chi connectivity index (χ2n) is 6.58. The molecule has 0 radical (unpaired) electrons. The predicted octanol–water partition coefficient (Wildman–Crippen LogP) is 1.81. The summed E-state index contributed by atoms with van der Waals surface area (Å²) in [5.41, 5.74) is 3.92. The fourth-order valence-electron chi connectivity index (χ4n) is 3.52. The van der Waals surface area contributed by atoms with Gasteiger partial charge in [-0.2, -0.15) is 0 Å². The smallest absolute Gasteiger partial charge is 0.0728 e. The van der Waals surface area contributed by atoms with E-state index in [4.69, 9.17) is 0 Å². The zero-order chi connectivity index (χ0) is 15.8. The molecule has 1 aromatic carbocycles. The van der Waals surface area contributed by atoms with Crippen LogP contribution in [0.4, 0.5) is 11.4 Å². The Labute approximate surface area is 137 Å². The van der Waals surface area contributed by atoms with Crippen molar-refractivity contribution in [3.8, 4) is 0 Å². The number of benzene rings is 1. The van der Waals surface area contributed by atoms with E-state index in [9.17, 15) is 0 Å². The summed E-state index contributed by atoms with van der Waals surface area (Å²) in [4.78, 5) is 7.19. The van der Waals surface area contributed by atoms with E-state index in [1.807, 2.05) is 0 Å². The van der Waals surface area contributed by atoms with Gasteiger partial charge in [0.25, 0.3) is 0 Å². The Morgan fingerprint density at radius 1 is 1.04 bits per heavy atom. The number of nitrogens with zero attached hydrogens (tertiary/aromatic N) is 4. The van der Waals surface area contributed by atoms with Crippen molar-refractivity contribution in [3.63, 3.8) is 0 Å². The summed E-state index contributed by atoms with van der Waals surface area (Å²) in [5, 5.41) is 4.74. The molecule has 0 bridgehead atoms. The Hall–Kier alpha value is -1.98. The monoisotopic (exact) mass is 311 g/mol. The van der Waals surface area contributed by atoms with Crippen LogP contribution in [-0.2, 0) is 7.05 Å². The lowest BCUT2D eigenvalue weighted by Gasteiger charge is -2.33. The Morgan fingerprint density at radius 2 is 1.87 bits per heavy atom. The van der Waals surface area contributed by atoms with Crippen molar-refractivity contribution in [1.82, 2.24) is 14.8 Å². The topological polar surface area (TPSA) is 26.7 Å². The number of likely N-dealkylation sites (N-methyl/N-ethyl adjacent to an activating group) is 1. The molecule has 0 saturated carbocycles. The Balaban J connectivity index is 1.72. The number of aromatic nitrogens is 1. The van der Waals surface area contributed by atoms with Gasteiger partial charge in [0, 0.05) is 63.2 Å². The third-order valence-corrected chi connectivity index (χ3v) is 4.96. The minimum Gasteiger partial charge on any atom is -0.367 e. The first kappa shape index (κ1) is 14.6. The van der Waals surface area contributed by atoms with Crippen molar-refractivity contribution in [2.75, 3.05) is 56.2 Å². The standard InChI is InChI=1S/C18H25N5/c1-20-8-10-22(11-9-20)18-13-21(2)17-5-4-15(12-16(17)18)23-7-3-6-19-14-23/h3-5,7,12-13,19H,6,8-11,14H2,1-2H3. The number of hydrogen-bond acceptors (Lipinski definition) is 4. The highest BCUT2D eigenvalue weighted by molar-refractivity contribution is 5.96. The van der Waals surface area contributed by atoms with Gasteiger partial charge in [-0.05, 0) is 25.2 Å². The van der Waals surface area contributed by atoms with Crippen LogP contribution >= 0.6 is 0 Å². The van der Waals surface area contributed by atoms with Crippen molar-refractivity contribution in [2.24, 2.45) is 7.05 Å². The lowest BCUT2D eigenvalue weighted by molar-refractivity contribution is 0.313. The Morgan fingerprint density at radius 3 is 2.61 bits per heavy atom. The van der Waals surface area contributed by atoms with Gasteiger partial charge >= 0.3 is 0 Å². The number of nitrogens with one attached hydrogen (secondary N) is 1. The van der Waals surface area contributed by atoms with Gasteiger partial charge in [-0.25, -0.2) is 0 Å². The maximum Gasteiger partial charge on any atom is 0.0728 e. The van der Waals surface area contributed by atoms with Crippen LogP contribution in [0, 0.1) is 0 Å². The lowest BCUT2D eigenvalue weighted by atomic mass is 10.1. The molecule has 2 aromatic rings. The molecule has 1 aromatic heterocycles. The van der Waals surface area contributed by atoms with E-state index in [1.54, 1.807) is 0 Å². The van der Waals surface area contributed by atoms with Gasteiger partial charge in [0.2, 0.25) is 0 Å². The zero-order valence-electron chi connectivity index (χ0n) is 14.0. The molecule has 0 spiro atoms. The lowest BCUT2D eigenvalue weighted by Crippen LogP contribution is -2.44. The molecule has 23 heavy (non-hydrogen) atoms. The van der Waals surface area contributed by atoms with Crippen LogP contribution in [0.1, 0.15) is 0 Å². The number of hydrogen-bond donors (Lipinski definition) is 1. The SMILES string of the molecule is CN1CCN(c2cn(C)c3ccc(N4C=CCNC4)cc23)CC1. The van der Waals surface area contributed by atoms with Crippen LogP contribution in [0.5, 0.6) is 0 Å². The Kier molecular flexibility index (Phi) is 3.75. The average molecular weight is 311 g/mol. The van der Waals surface area contributed by atoms with Crippen LogP contribution in [0.25, 0.3) is 10.9 Å². The third-order valence-electron chi connectivity index (χ3n) is 4.96. The van der Waals surface area contributed by atoms with Crippen molar-refractivity contribution in [3.05, 3.63) is 36.7 Å². The van der Waals surface area contributed by atoms with E-state index in [1.165, 1.54) is 22.3 Å². The summed E-state index contributed by atoms with van der Waals surface area (Å²) in [6.45, 7) is 6.30. The first-order chi connectivity index (χ1) is 11.2. The van der Waals surface area contributed by atoms with Crippen molar-refractivity contribution < 1.29 is 0 Å². The fourth-order valence-corrected chi connectivity index (χ4v) is 3.52. The second kappa shape index (κ2) is 5.91. The van der Waals surface area contributed by atoms with Crippen LogP contribution < -0.4 is 15.1 Å². The summed E-state index contributed by atoms with van der Waals surface area (Å²) in [5.74, 6) is 0. The van der Waals surface area contributed by atoms with Crippen molar-refractivity contribution in [1.29, 1.82) is 0 Å². The van der Waals surface area contributed by atoms with Crippen molar-refractivity contribution >= 4 is 22.3 Å². The van der Waals surface area contributed by atoms with E-state index < -0.39 is 0 Å². The quantitative estimate of drug-likeness (QED) is 0.915. The zero-order valence-corrected chi connectivity index (χ0v) is 14.0. The molecule has 2 aliphatic heterocycles. The van der Waals surface area contributed by atoms with E-state index in [0.717, 1.165) is 39.4 Å². The van der Waals surface area contributed by atoms with Crippen molar-refractivity contribution in [2.45, 2.75) is 0 Å². The van der Waals surface area contributed by atoms with Gasteiger partial charge in [0.15, 0.2) is 0 Å². The van der Waals surface area contributed by atoms with Crippen LogP contribution in [0.2, 0.25) is 0 Å². The summed E-state index contributed by atoms with van der Waals surface area (Å²) in [6.07, 6.45) is 6.63. The normalized spacial score (nSPS) is 19.7. The van der Waals surface area contributed by atoms with Crippen LogP contribution in [0.3, 0.4) is 0 Å². The third kappa shape index (κ3) is 2.71. The van der Waals surface area contributed by atoms with Gasteiger partial charge < -0.3 is 19.3 Å². The molecule has 5 nitrogen and oxygen atoms in total. The summed E-state index contributed by atoms with van der Waals surface area (Å²) in [6, 6.07) is 6.79. The summed E-state index contributed by atoms with van der Waals surface area (Å²) >= 11 is 0. The molecule has 2 aliphatic rings. The molecular formula is C18H25N5. The minimum absolute atomic E-state index is 0.874. The first-order valence-electron chi connectivity index (χ1n) is 8.39. The highest BCUT2D eigenvalue weighted by Gasteiger charge is 2.19. The highest BCUT2D eigenvalue weighted by Crippen LogP contribution is 2.32. The number of fused-ring (bicyclic) bond motifs is 1. The molecule has 1 saturated heterocycles. The summed E-state index contributed by atoms with van der Waals surface area (Å²) in [7, 11) is 4.35. The number of piperazine rings is 1. The van der Waals surface area contributed by atoms with Gasteiger partial charge in [-0.15, -0.1) is 0 Å². The molecule has 5 heteroatoms. The molecule has 0 unspecified atom stereocenters. The number of rotatable bonds is 2. The molecular weight excluding hydrogens is 286 g/mol. The van der Waals surface area contributed by atoms with E-state index in [-0.39, 0.29) is 0 Å². The predicted molar refractivity (Wildman–Crippen MR) is 97.1 cm³/mol. The highest BCUT2D eigenvalue weighted by atomic mass is 15.3. The molecule has 1 fully saturated rings. The number of anilines is 2. The Bertz CT molecular complexity index is 724. The van der Waals surface area contributed by atoms with Gasteiger partial charge in [0.1, 0.15) is 0 Å². The maximum atomic E-state index is 3.39. The summed E-state index contributed by atoms with van der Waals surface area (Å²) < 4.78 is 2.25. The van der Waals surface area contributed by atoms with Gasteiger partial charge in [-0.1, -0.05) is 6.08 Å². The van der Waals surface area contributed by atoms with E-state index in [2.05, 4.69) is 75.4 Å². The molecule has 4 rings (SSSR count). The molecule has 0 amide bonds. The van der Waals surface area contributed by atoms with E-state index in [0.29, 0.717) is 0 Å². The molecule has 0 aliphatic carbocycles. The molecule has 0 atom stereocenters. The minimum atomic E-state index is 0.874. The number of aryl methyl sites for hydroxylation is 1. The molecule has 122 valence electrons. The fraction of sp³-hybridized carbons (Fsp3) is 0.444. The maximum absolute atomic E-state index is 3.39. The average Bonchev–Trinajstić information content (AvgIpc) is 2.93. The van der Waals surface area contributed by atoms with Crippen LogP contribution in [0.15, 0.2) is 36.7 Å². The first-order valence-corrected chi connectivity index (χ1v) is 8.39. The molecule has 3 heterocycles.